The summed E-state index contributed by atoms with van der Waals surface area (Å²) >= 11 is 0. The Morgan fingerprint density at radius 2 is 2.15 bits per heavy atom. The SMILES string of the molecule is CCCNC(=O)c1cn(-c2ccc(S(=O)(=O)N3CCC[C@H](C)C3)cn2)cn1. The number of pyridine rings is 1. The molecule has 0 unspecified atom stereocenters. The maximum absolute atomic E-state index is 12.8. The number of rotatable bonds is 6. The maximum atomic E-state index is 12.8. The first-order valence-electron chi connectivity index (χ1n) is 9.20. The van der Waals surface area contributed by atoms with Gasteiger partial charge < -0.3 is 5.32 Å². The monoisotopic (exact) mass is 391 g/mol. The molecule has 0 aromatic carbocycles. The molecule has 3 heterocycles. The molecule has 2 aromatic heterocycles. The standard InChI is InChI=1S/C18H25N5O3S/c1-3-8-19-18(24)16-12-22(13-21-16)17-7-6-15(10-20-17)27(25,26)23-9-4-5-14(2)11-23/h6-7,10,12-14H,3-5,8-9,11H2,1-2H3,(H,19,24)/t14-/m0/s1. The van der Waals surface area contributed by atoms with Crippen LogP contribution in [0.1, 0.15) is 43.6 Å². The number of aromatic nitrogens is 3. The molecule has 1 aliphatic heterocycles. The van der Waals surface area contributed by atoms with Crippen molar-refractivity contribution in [1.82, 2.24) is 24.2 Å². The lowest BCUT2D eigenvalue weighted by Crippen LogP contribution is -2.39. The van der Waals surface area contributed by atoms with E-state index in [2.05, 4.69) is 22.2 Å². The molecule has 1 fully saturated rings. The number of carbonyl (C=O) groups excluding carboxylic acids is 1. The summed E-state index contributed by atoms with van der Waals surface area (Å²) < 4.78 is 28.7. The quantitative estimate of drug-likeness (QED) is 0.810. The van der Waals surface area contributed by atoms with Crippen LogP contribution in [0.25, 0.3) is 5.82 Å². The van der Waals surface area contributed by atoms with E-state index in [0.29, 0.717) is 37.1 Å². The predicted molar refractivity (Wildman–Crippen MR) is 101 cm³/mol. The van der Waals surface area contributed by atoms with E-state index in [1.165, 1.54) is 16.8 Å². The molecule has 0 aliphatic carbocycles. The Kier molecular flexibility index (Phi) is 5.91. The highest BCUT2D eigenvalue weighted by Gasteiger charge is 2.28. The first kappa shape index (κ1) is 19.5. The topological polar surface area (TPSA) is 97.2 Å². The lowest BCUT2D eigenvalue weighted by Gasteiger charge is -2.29. The molecule has 1 saturated heterocycles. The maximum Gasteiger partial charge on any atom is 0.271 e. The number of hydrogen-bond donors (Lipinski definition) is 1. The first-order chi connectivity index (χ1) is 12.9. The van der Waals surface area contributed by atoms with Gasteiger partial charge in [-0.3, -0.25) is 9.36 Å². The minimum atomic E-state index is -3.53. The largest absolute Gasteiger partial charge is 0.351 e. The van der Waals surface area contributed by atoms with Gasteiger partial charge in [-0.15, -0.1) is 0 Å². The third-order valence-electron chi connectivity index (χ3n) is 4.59. The molecule has 0 saturated carbocycles. The molecule has 27 heavy (non-hydrogen) atoms. The van der Waals surface area contributed by atoms with Crippen LogP contribution in [0.4, 0.5) is 0 Å². The zero-order valence-electron chi connectivity index (χ0n) is 15.6. The van der Waals surface area contributed by atoms with Crippen molar-refractivity contribution >= 4 is 15.9 Å². The second-order valence-corrected chi connectivity index (χ2v) is 8.82. The van der Waals surface area contributed by atoms with Crippen molar-refractivity contribution < 1.29 is 13.2 Å². The first-order valence-corrected chi connectivity index (χ1v) is 10.6. The Hall–Kier alpha value is -2.26. The van der Waals surface area contributed by atoms with Crippen molar-refractivity contribution in [2.24, 2.45) is 5.92 Å². The number of nitrogens with one attached hydrogen (secondary N) is 1. The average Bonchev–Trinajstić information content (AvgIpc) is 3.16. The summed E-state index contributed by atoms with van der Waals surface area (Å²) in [7, 11) is -3.53. The lowest BCUT2D eigenvalue weighted by atomic mass is 10.0. The van der Waals surface area contributed by atoms with Gasteiger partial charge in [0.2, 0.25) is 10.0 Å². The van der Waals surface area contributed by atoms with Crippen LogP contribution < -0.4 is 5.32 Å². The fourth-order valence-electron chi connectivity index (χ4n) is 3.09. The van der Waals surface area contributed by atoms with Gasteiger partial charge in [0, 0.05) is 32.0 Å². The highest BCUT2D eigenvalue weighted by atomic mass is 32.2. The van der Waals surface area contributed by atoms with Crippen LogP contribution >= 0.6 is 0 Å². The zero-order chi connectivity index (χ0) is 19.4. The Morgan fingerprint density at radius 1 is 1.33 bits per heavy atom. The lowest BCUT2D eigenvalue weighted by molar-refractivity contribution is 0.0949. The second kappa shape index (κ2) is 8.18. The molecule has 0 radical (unpaired) electrons. The van der Waals surface area contributed by atoms with Gasteiger partial charge in [-0.2, -0.15) is 4.31 Å². The van der Waals surface area contributed by atoms with Crippen LogP contribution in [0, 0.1) is 5.92 Å². The van der Waals surface area contributed by atoms with Gasteiger partial charge in [0.05, 0.1) is 0 Å². The van der Waals surface area contributed by atoms with Gasteiger partial charge in [-0.25, -0.2) is 18.4 Å². The van der Waals surface area contributed by atoms with Gasteiger partial charge >= 0.3 is 0 Å². The van der Waals surface area contributed by atoms with E-state index in [0.717, 1.165) is 19.3 Å². The summed E-state index contributed by atoms with van der Waals surface area (Å²) in [5.41, 5.74) is 0.296. The van der Waals surface area contributed by atoms with Crippen LogP contribution in [0.3, 0.4) is 0 Å². The average molecular weight is 391 g/mol. The van der Waals surface area contributed by atoms with Gasteiger partial charge in [-0.05, 0) is 37.3 Å². The Balaban J connectivity index is 1.75. The predicted octanol–water partition coefficient (Wildman–Crippen LogP) is 1.83. The molecule has 3 rings (SSSR count). The molecule has 8 nitrogen and oxygen atoms in total. The van der Waals surface area contributed by atoms with Crippen molar-refractivity contribution in [2.45, 2.75) is 38.0 Å². The molecule has 1 aliphatic rings. The van der Waals surface area contributed by atoms with E-state index in [1.54, 1.807) is 22.9 Å². The summed E-state index contributed by atoms with van der Waals surface area (Å²) in [5.74, 6) is 0.626. The van der Waals surface area contributed by atoms with Crippen molar-refractivity contribution in [1.29, 1.82) is 0 Å². The van der Waals surface area contributed by atoms with Crippen LogP contribution in [0.2, 0.25) is 0 Å². The van der Waals surface area contributed by atoms with Crippen LogP contribution in [0.15, 0.2) is 35.7 Å². The van der Waals surface area contributed by atoms with E-state index < -0.39 is 10.0 Å². The molecular formula is C18H25N5O3S. The molecular weight excluding hydrogens is 366 g/mol. The van der Waals surface area contributed by atoms with Crippen LogP contribution in [-0.4, -0.2) is 52.8 Å². The summed E-state index contributed by atoms with van der Waals surface area (Å²) in [6.45, 7) is 5.72. The minimum absolute atomic E-state index is 0.182. The van der Waals surface area contributed by atoms with Crippen LogP contribution in [0.5, 0.6) is 0 Å². The molecule has 0 bridgehead atoms. The molecule has 9 heteroatoms. The fourth-order valence-corrected chi connectivity index (χ4v) is 4.63. The number of carbonyl (C=O) groups is 1. The molecule has 2 aromatic rings. The molecule has 146 valence electrons. The Morgan fingerprint density at radius 3 is 2.81 bits per heavy atom. The van der Waals surface area contributed by atoms with Crippen LogP contribution in [-0.2, 0) is 10.0 Å². The normalized spacial score (nSPS) is 18.4. The highest BCUT2D eigenvalue weighted by Crippen LogP contribution is 2.23. The van der Waals surface area contributed by atoms with Crippen molar-refractivity contribution in [3.8, 4) is 5.82 Å². The Bertz CT molecular complexity index is 892. The number of amides is 1. The van der Waals surface area contributed by atoms with E-state index in [-0.39, 0.29) is 10.8 Å². The number of hydrogen-bond acceptors (Lipinski definition) is 5. The smallest absolute Gasteiger partial charge is 0.271 e. The molecule has 1 atom stereocenters. The molecule has 1 amide bonds. The third-order valence-corrected chi connectivity index (χ3v) is 6.44. The second-order valence-electron chi connectivity index (χ2n) is 6.88. The number of sulfonamides is 1. The highest BCUT2D eigenvalue weighted by molar-refractivity contribution is 7.89. The summed E-state index contributed by atoms with van der Waals surface area (Å²) in [6, 6.07) is 3.17. The zero-order valence-corrected chi connectivity index (χ0v) is 16.4. The summed E-state index contributed by atoms with van der Waals surface area (Å²) in [5, 5.41) is 2.76. The molecule has 1 N–H and O–H groups in total. The van der Waals surface area contributed by atoms with E-state index in [1.807, 2.05) is 6.92 Å². The number of imidazole rings is 1. The summed E-state index contributed by atoms with van der Waals surface area (Å²) in [6.07, 6.45) is 7.21. The van der Waals surface area contributed by atoms with Gasteiger partial charge in [0.15, 0.2) is 0 Å². The Labute approximate surface area is 159 Å². The van der Waals surface area contributed by atoms with Crippen molar-refractivity contribution in [3.63, 3.8) is 0 Å². The van der Waals surface area contributed by atoms with E-state index in [4.69, 9.17) is 0 Å². The summed E-state index contributed by atoms with van der Waals surface area (Å²) in [4.78, 5) is 20.5. The fraction of sp³-hybridized carbons (Fsp3) is 0.500. The number of piperidine rings is 1. The van der Waals surface area contributed by atoms with Gasteiger partial charge in [0.1, 0.15) is 22.7 Å². The van der Waals surface area contributed by atoms with Crippen molar-refractivity contribution in [3.05, 3.63) is 36.5 Å². The van der Waals surface area contributed by atoms with Gasteiger partial charge in [0.25, 0.3) is 5.91 Å². The number of nitrogens with zero attached hydrogens (tertiary/aromatic N) is 4. The molecule has 0 spiro atoms. The van der Waals surface area contributed by atoms with Crippen molar-refractivity contribution in [2.75, 3.05) is 19.6 Å². The van der Waals surface area contributed by atoms with Gasteiger partial charge in [-0.1, -0.05) is 13.8 Å². The minimum Gasteiger partial charge on any atom is -0.351 e. The third kappa shape index (κ3) is 4.36. The van der Waals surface area contributed by atoms with E-state index >= 15 is 0 Å². The van der Waals surface area contributed by atoms with E-state index in [9.17, 15) is 13.2 Å².